The largest absolute Gasteiger partial charge is 0.349 e. The van der Waals surface area contributed by atoms with Gasteiger partial charge in [-0.15, -0.1) is 0 Å². The number of aromatic nitrogens is 1. The summed E-state index contributed by atoms with van der Waals surface area (Å²) in [7, 11) is 0. The summed E-state index contributed by atoms with van der Waals surface area (Å²) in [5.41, 5.74) is 1.81. The van der Waals surface area contributed by atoms with Crippen molar-refractivity contribution in [1.29, 1.82) is 0 Å². The quantitative estimate of drug-likeness (QED) is 0.849. The fourth-order valence-corrected chi connectivity index (χ4v) is 2.26. The molecule has 0 unspecified atom stereocenters. The van der Waals surface area contributed by atoms with E-state index < -0.39 is 0 Å². The monoisotopic (exact) mass is 294 g/mol. The Hall–Kier alpha value is -1.32. The van der Waals surface area contributed by atoms with Crippen molar-refractivity contribution in [2.45, 2.75) is 26.9 Å². The molecule has 2 aromatic rings. The van der Waals surface area contributed by atoms with E-state index in [0.29, 0.717) is 18.0 Å². The molecule has 0 aliphatic carbocycles. The molecule has 20 heavy (non-hydrogen) atoms. The number of nitrogens with zero attached hydrogens (tertiary/aromatic N) is 1. The Morgan fingerprint density at radius 1 is 1.30 bits per heavy atom. The molecule has 1 aromatic heterocycles. The lowest BCUT2D eigenvalue weighted by Gasteiger charge is -2.07. The van der Waals surface area contributed by atoms with Crippen LogP contribution in [0.5, 0.6) is 0 Å². The molecule has 0 amide bonds. The molecule has 0 atom stereocenters. The standard InChI is InChI=1S/C16H20ClFN2/c1-12(2)8-19-9-13-6-7-20(10-13)11-14-4-3-5-15(17)16(14)18/h3-7,10,12,19H,8-9,11H2,1-2H3. The highest BCUT2D eigenvalue weighted by molar-refractivity contribution is 6.30. The molecule has 0 spiro atoms. The van der Waals surface area contributed by atoms with Gasteiger partial charge < -0.3 is 9.88 Å². The smallest absolute Gasteiger partial charge is 0.146 e. The van der Waals surface area contributed by atoms with Crippen molar-refractivity contribution in [3.8, 4) is 0 Å². The van der Waals surface area contributed by atoms with E-state index in [2.05, 4.69) is 25.2 Å². The lowest BCUT2D eigenvalue weighted by atomic mass is 10.2. The van der Waals surface area contributed by atoms with Gasteiger partial charge in [0, 0.05) is 31.0 Å². The maximum absolute atomic E-state index is 13.8. The summed E-state index contributed by atoms with van der Waals surface area (Å²) in [6.45, 7) is 6.69. The third-order valence-corrected chi connectivity index (χ3v) is 3.37. The zero-order valence-electron chi connectivity index (χ0n) is 11.9. The van der Waals surface area contributed by atoms with Gasteiger partial charge in [0.05, 0.1) is 5.02 Å². The molecule has 1 aromatic carbocycles. The van der Waals surface area contributed by atoms with Gasteiger partial charge in [-0.1, -0.05) is 37.6 Å². The summed E-state index contributed by atoms with van der Waals surface area (Å²) >= 11 is 5.79. The van der Waals surface area contributed by atoms with Crippen molar-refractivity contribution in [2.24, 2.45) is 5.92 Å². The van der Waals surface area contributed by atoms with Crippen LogP contribution in [-0.4, -0.2) is 11.1 Å². The van der Waals surface area contributed by atoms with Crippen molar-refractivity contribution in [3.63, 3.8) is 0 Å². The zero-order valence-corrected chi connectivity index (χ0v) is 12.6. The first kappa shape index (κ1) is 15.1. The van der Waals surface area contributed by atoms with Gasteiger partial charge in [0.1, 0.15) is 5.82 Å². The third-order valence-electron chi connectivity index (χ3n) is 3.08. The second kappa shape index (κ2) is 6.91. The van der Waals surface area contributed by atoms with Gasteiger partial charge in [0.25, 0.3) is 0 Å². The first-order chi connectivity index (χ1) is 9.56. The van der Waals surface area contributed by atoms with Crippen LogP contribution >= 0.6 is 11.6 Å². The molecular formula is C16H20ClFN2. The number of rotatable bonds is 6. The molecule has 108 valence electrons. The Bertz CT molecular complexity index is 563. The Kier molecular flexibility index (Phi) is 5.21. The molecule has 0 radical (unpaired) electrons. The molecule has 1 heterocycles. The number of hydrogen-bond donors (Lipinski definition) is 1. The van der Waals surface area contributed by atoms with Crippen molar-refractivity contribution >= 4 is 11.6 Å². The number of benzene rings is 1. The molecule has 0 aliphatic heterocycles. The summed E-state index contributed by atoms with van der Waals surface area (Å²) in [4.78, 5) is 0. The molecule has 0 bridgehead atoms. The molecule has 0 saturated heterocycles. The van der Waals surface area contributed by atoms with Crippen LogP contribution in [0.15, 0.2) is 36.7 Å². The molecule has 1 N–H and O–H groups in total. The van der Waals surface area contributed by atoms with E-state index in [9.17, 15) is 4.39 Å². The van der Waals surface area contributed by atoms with Crippen LogP contribution in [0.2, 0.25) is 5.02 Å². The maximum Gasteiger partial charge on any atom is 0.146 e. The van der Waals surface area contributed by atoms with E-state index in [4.69, 9.17) is 11.6 Å². The predicted molar refractivity (Wildman–Crippen MR) is 81.5 cm³/mol. The Morgan fingerprint density at radius 2 is 2.10 bits per heavy atom. The van der Waals surface area contributed by atoms with Gasteiger partial charge in [0.15, 0.2) is 0 Å². The minimum atomic E-state index is -0.331. The van der Waals surface area contributed by atoms with Gasteiger partial charge in [-0.2, -0.15) is 0 Å². The number of nitrogens with one attached hydrogen (secondary N) is 1. The van der Waals surface area contributed by atoms with Gasteiger partial charge in [-0.05, 0) is 30.2 Å². The van der Waals surface area contributed by atoms with Gasteiger partial charge in [-0.3, -0.25) is 0 Å². The van der Waals surface area contributed by atoms with Crippen LogP contribution in [0.1, 0.15) is 25.0 Å². The summed E-state index contributed by atoms with van der Waals surface area (Å²) in [5.74, 6) is 0.306. The fraction of sp³-hybridized carbons (Fsp3) is 0.375. The fourth-order valence-electron chi connectivity index (χ4n) is 2.07. The average molecular weight is 295 g/mol. The van der Waals surface area contributed by atoms with Crippen LogP contribution in [0.4, 0.5) is 4.39 Å². The van der Waals surface area contributed by atoms with Crippen molar-refractivity contribution < 1.29 is 4.39 Å². The summed E-state index contributed by atoms with van der Waals surface area (Å²) in [6, 6.07) is 7.15. The zero-order chi connectivity index (χ0) is 14.5. The SMILES string of the molecule is CC(C)CNCc1ccn(Cc2cccc(Cl)c2F)c1. The molecule has 0 saturated carbocycles. The Balaban J connectivity index is 1.97. The highest BCUT2D eigenvalue weighted by atomic mass is 35.5. The topological polar surface area (TPSA) is 17.0 Å². The van der Waals surface area contributed by atoms with Crippen LogP contribution in [-0.2, 0) is 13.1 Å². The van der Waals surface area contributed by atoms with Crippen LogP contribution in [0.3, 0.4) is 0 Å². The lowest BCUT2D eigenvalue weighted by molar-refractivity contribution is 0.552. The van der Waals surface area contributed by atoms with Gasteiger partial charge >= 0.3 is 0 Å². The normalized spacial score (nSPS) is 11.2. The molecule has 2 rings (SSSR count). The van der Waals surface area contributed by atoms with E-state index in [1.165, 1.54) is 5.56 Å². The Labute approximate surface area is 124 Å². The van der Waals surface area contributed by atoms with Crippen LogP contribution < -0.4 is 5.32 Å². The molecule has 0 fully saturated rings. The van der Waals surface area contributed by atoms with Gasteiger partial charge in [0.2, 0.25) is 0 Å². The summed E-state index contributed by atoms with van der Waals surface area (Å²) in [6.07, 6.45) is 4.00. The average Bonchev–Trinajstić information content (AvgIpc) is 2.82. The molecular weight excluding hydrogens is 275 g/mol. The Morgan fingerprint density at radius 3 is 2.85 bits per heavy atom. The lowest BCUT2D eigenvalue weighted by Crippen LogP contribution is -2.18. The maximum atomic E-state index is 13.8. The second-order valence-electron chi connectivity index (χ2n) is 5.43. The number of halogens is 2. The highest BCUT2D eigenvalue weighted by Crippen LogP contribution is 2.19. The van der Waals surface area contributed by atoms with E-state index in [1.54, 1.807) is 18.2 Å². The first-order valence-electron chi connectivity index (χ1n) is 6.84. The van der Waals surface area contributed by atoms with Crippen molar-refractivity contribution in [3.05, 3.63) is 58.6 Å². The van der Waals surface area contributed by atoms with E-state index >= 15 is 0 Å². The van der Waals surface area contributed by atoms with Crippen molar-refractivity contribution in [1.82, 2.24) is 9.88 Å². The van der Waals surface area contributed by atoms with Crippen molar-refractivity contribution in [2.75, 3.05) is 6.54 Å². The molecule has 2 nitrogen and oxygen atoms in total. The van der Waals surface area contributed by atoms with Crippen LogP contribution in [0, 0.1) is 11.7 Å². The van der Waals surface area contributed by atoms with E-state index in [1.807, 2.05) is 17.0 Å². The van der Waals surface area contributed by atoms with E-state index in [0.717, 1.165) is 13.1 Å². The summed E-state index contributed by atoms with van der Waals surface area (Å²) < 4.78 is 15.8. The second-order valence-corrected chi connectivity index (χ2v) is 5.84. The summed E-state index contributed by atoms with van der Waals surface area (Å²) in [5, 5.41) is 3.56. The third kappa shape index (κ3) is 4.09. The first-order valence-corrected chi connectivity index (χ1v) is 7.22. The predicted octanol–water partition coefficient (Wildman–Crippen LogP) is 4.07. The molecule has 0 aliphatic rings. The van der Waals surface area contributed by atoms with E-state index in [-0.39, 0.29) is 10.8 Å². The number of hydrogen-bond acceptors (Lipinski definition) is 1. The molecule has 4 heteroatoms. The minimum absolute atomic E-state index is 0.175. The van der Waals surface area contributed by atoms with Gasteiger partial charge in [-0.25, -0.2) is 4.39 Å². The minimum Gasteiger partial charge on any atom is -0.349 e. The van der Waals surface area contributed by atoms with Crippen LogP contribution in [0.25, 0.3) is 0 Å². The highest BCUT2D eigenvalue weighted by Gasteiger charge is 2.07.